The molecule has 0 spiro atoms. The van der Waals surface area contributed by atoms with Crippen LogP contribution in [0.1, 0.15) is 25.3 Å². The Kier molecular flexibility index (Phi) is 4.98. The zero-order chi connectivity index (χ0) is 14.4. The third-order valence-electron chi connectivity index (χ3n) is 3.45. The number of nitrogens with two attached hydrogens (primary N) is 1. The van der Waals surface area contributed by atoms with Crippen molar-refractivity contribution in [2.45, 2.75) is 26.3 Å². The molecule has 108 valence electrons. The molecule has 2 heterocycles. The number of anilines is 1. The number of rotatable bonds is 5. The monoisotopic (exact) mass is 273 g/mol. The van der Waals surface area contributed by atoms with Gasteiger partial charge in [0.2, 0.25) is 0 Å². The van der Waals surface area contributed by atoms with E-state index in [1.54, 1.807) is 12.3 Å². The van der Waals surface area contributed by atoms with Crippen molar-refractivity contribution in [1.82, 2.24) is 15.2 Å². The van der Waals surface area contributed by atoms with Crippen LogP contribution in [0.4, 0.5) is 5.82 Å². The second-order valence-electron chi connectivity index (χ2n) is 5.11. The summed E-state index contributed by atoms with van der Waals surface area (Å²) < 4.78 is 0. The summed E-state index contributed by atoms with van der Waals surface area (Å²) in [4.78, 5) is 10.9. The maximum absolute atomic E-state index is 5.55. The van der Waals surface area contributed by atoms with Crippen molar-refractivity contribution < 1.29 is 0 Å². The van der Waals surface area contributed by atoms with Gasteiger partial charge in [0, 0.05) is 25.0 Å². The van der Waals surface area contributed by atoms with Gasteiger partial charge in [-0.25, -0.2) is 4.98 Å². The van der Waals surface area contributed by atoms with Crippen molar-refractivity contribution in [1.29, 1.82) is 0 Å². The van der Waals surface area contributed by atoms with Gasteiger partial charge in [-0.05, 0) is 31.4 Å². The minimum atomic E-state index is 0.537. The molecule has 0 atom stereocenters. The van der Waals surface area contributed by atoms with Gasteiger partial charge in [0.25, 0.3) is 0 Å². The number of hydrogen-bond acceptors (Lipinski definition) is 4. The first-order chi connectivity index (χ1) is 9.65. The normalized spacial score (nSPS) is 15.4. The molecule has 1 aromatic heterocycles. The zero-order valence-electron chi connectivity index (χ0n) is 12.1. The van der Waals surface area contributed by atoms with E-state index in [0.29, 0.717) is 12.4 Å². The Morgan fingerprint density at radius 2 is 2.20 bits per heavy atom. The van der Waals surface area contributed by atoms with Gasteiger partial charge in [0.1, 0.15) is 5.82 Å². The van der Waals surface area contributed by atoms with E-state index in [0.717, 1.165) is 36.7 Å². The Morgan fingerprint density at radius 3 is 2.85 bits per heavy atom. The molecule has 5 heteroatoms. The summed E-state index contributed by atoms with van der Waals surface area (Å²) in [7, 11) is 0. The number of nitrogens with one attached hydrogen (secondary N) is 1. The summed E-state index contributed by atoms with van der Waals surface area (Å²) in [6.45, 7) is 9.73. The average Bonchev–Trinajstić information content (AvgIpc) is 2.98. The number of aromatic nitrogens is 1. The molecule has 1 fully saturated rings. The Morgan fingerprint density at radius 1 is 1.45 bits per heavy atom. The van der Waals surface area contributed by atoms with E-state index < -0.39 is 0 Å². The summed E-state index contributed by atoms with van der Waals surface area (Å²) in [5.41, 5.74) is 7.75. The number of likely N-dealkylation sites (tertiary alicyclic amines) is 1. The van der Waals surface area contributed by atoms with E-state index in [4.69, 9.17) is 5.73 Å². The second kappa shape index (κ2) is 6.93. The zero-order valence-corrected chi connectivity index (χ0v) is 12.1. The Labute approximate surface area is 120 Å². The van der Waals surface area contributed by atoms with E-state index in [1.165, 1.54) is 12.8 Å². The molecular weight excluding hydrogens is 250 g/mol. The third-order valence-corrected chi connectivity index (χ3v) is 3.45. The number of hydrogen-bond donors (Lipinski definition) is 2. The largest absolute Gasteiger partial charge is 0.384 e. The summed E-state index contributed by atoms with van der Waals surface area (Å²) >= 11 is 0. The predicted molar refractivity (Wildman–Crippen MR) is 83.4 cm³/mol. The van der Waals surface area contributed by atoms with Crippen LogP contribution in [0.15, 0.2) is 35.6 Å². The van der Waals surface area contributed by atoms with E-state index >= 15 is 0 Å². The molecule has 0 saturated carbocycles. The molecule has 0 radical (unpaired) electrons. The van der Waals surface area contributed by atoms with Crippen molar-refractivity contribution in [3.63, 3.8) is 0 Å². The SMILES string of the molecule is C=C(CNC(C)=NCc1ccc(N)nc1)N1CCCC1. The van der Waals surface area contributed by atoms with Gasteiger partial charge in [-0.3, -0.25) is 4.99 Å². The number of nitrogens with zero attached hydrogens (tertiary/aromatic N) is 3. The predicted octanol–water partition coefficient (Wildman–Crippen LogP) is 1.78. The minimum absolute atomic E-state index is 0.537. The first kappa shape index (κ1) is 14.4. The lowest BCUT2D eigenvalue weighted by molar-refractivity contribution is 0.418. The maximum Gasteiger partial charge on any atom is 0.123 e. The molecule has 0 amide bonds. The fourth-order valence-corrected chi connectivity index (χ4v) is 2.17. The maximum atomic E-state index is 5.55. The highest BCUT2D eigenvalue weighted by Crippen LogP contribution is 2.12. The van der Waals surface area contributed by atoms with E-state index in [9.17, 15) is 0 Å². The molecular formula is C15H23N5. The van der Waals surface area contributed by atoms with Crippen LogP contribution in [-0.2, 0) is 6.54 Å². The van der Waals surface area contributed by atoms with Crippen LogP contribution in [0.3, 0.4) is 0 Å². The van der Waals surface area contributed by atoms with Gasteiger partial charge in [-0.15, -0.1) is 0 Å². The van der Waals surface area contributed by atoms with Crippen LogP contribution in [0.25, 0.3) is 0 Å². The topological polar surface area (TPSA) is 66.5 Å². The molecule has 1 aliphatic heterocycles. The molecule has 1 saturated heterocycles. The number of aliphatic imine (C=N–C) groups is 1. The van der Waals surface area contributed by atoms with Crippen LogP contribution in [-0.4, -0.2) is 35.4 Å². The lowest BCUT2D eigenvalue weighted by atomic mass is 10.3. The van der Waals surface area contributed by atoms with Crippen molar-refractivity contribution in [2.24, 2.45) is 4.99 Å². The van der Waals surface area contributed by atoms with Gasteiger partial charge in [0.15, 0.2) is 0 Å². The van der Waals surface area contributed by atoms with Crippen LogP contribution in [0, 0.1) is 0 Å². The van der Waals surface area contributed by atoms with Crippen molar-refractivity contribution >= 4 is 11.7 Å². The van der Waals surface area contributed by atoms with Gasteiger partial charge in [-0.2, -0.15) is 0 Å². The van der Waals surface area contributed by atoms with Gasteiger partial charge in [0.05, 0.1) is 18.9 Å². The smallest absolute Gasteiger partial charge is 0.123 e. The van der Waals surface area contributed by atoms with Gasteiger partial charge >= 0.3 is 0 Å². The number of amidine groups is 1. The number of pyridine rings is 1. The van der Waals surface area contributed by atoms with Gasteiger partial charge in [-0.1, -0.05) is 12.6 Å². The molecule has 2 rings (SSSR count). The molecule has 0 unspecified atom stereocenters. The molecule has 20 heavy (non-hydrogen) atoms. The van der Waals surface area contributed by atoms with Crippen molar-refractivity contribution in [3.8, 4) is 0 Å². The fourth-order valence-electron chi connectivity index (χ4n) is 2.17. The summed E-state index contributed by atoms with van der Waals surface area (Å²) in [5, 5.41) is 3.30. The molecule has 3 N–H and O–H groups in total. The Bertz CT molecular complexity index is 472. The van der Waals surface area contributed by atoms with E-state index in [2.05, 4.69) is 26.8 Å². The number of nitrogen functional groups attached to an aromatic ring is 1. The lowest BCUT2D eigenvalue weighted by Crippen LogP contribution is -2.30. The third kappa shape index (κ3) is 4.26. The fraction of sp³-hybridized carbons (Fsp3) is 0.467. The van der Waals surface area contributed by atoms with E-state index in [1.807, 2.05) is 13.0 Å². The Balaban J connectivity index is 1.76. The standard InChI is InChI=1S/C15H23N5/c1-12(20-7-3-4-8-20)9-17-13(2)18-10-14-5-6-15(16)19-11-14/h5-6,11H,1,3-4,7-10H2,2H3,(H2,16,19)(H,17,18). The first-order valence-electron chi connectivity index (χ1n) is 7.03. The van der Waals surface area contributed by atoms with Crippen molar-refractivity contribution in [2.75, 3.05) is 25.4 Å². The first-order valence-corrected chi connectivity index (χ1v) is 7.03. The average molecular weight is 273 g/mol. The lowest BCUT2D eigenvalue weighted by Gasteiger charge is -2.20. The highest BCUT2D eigenvalue weighted by Gasteiger charge is 2.12. The highest BCUT2D eigenvalue weighted by atomic mass is 15.2. The summed E-state index contributed by atoms with van der Waals surface area (Å²) in [6, 6.07) is 3.74. The van der Waals surface area contributed by atoms with Crippen LogP contribution in [0.5, 0.6) is 0 Å². The molecule has 1 aromatic rings. The van der Waals surface area contributed by atoms with Crippen LogP contribution in [0.2, 0.25) is 0 Å². The molecule has 5 nitrogen and oxygen atoms in total. The summed E-state index contributed by atoms with van der Waals surface area (Å²) in [6.07, 6.45) is 4.31. The molecule has 0 aromatic carbocycles. The van der Waals surface area contributed by atoms with Crippen molar-refractivity contribution in [3.05, 3.63) is 36.2 Å². The molecule has 0 bridgehead atoms. The highest BCUT2D eigenvalue weighted by molar-refractivity contribution is 5.79. The molecule has 1 aliphatic rings. The minimum Gasteiger partial charge on any atom is -0.384 e. The Hall–Kier alpha value is -2.04. The van der Waals surface area contributed by atoms with E-state index in [-0.39, 0.29) is 0 Å². The van der Waals surface area contributed by atoms with Gasteiger partial charge < -0.3 is 16.0 Å². The second-order valence-corrected chi connectivity index (χ2v) is 5.11. The molecule has 0 aliphatic carbocycles. The van der Waals surface area contributed by atoms with Crippen LogP contribution >= 0.6 is 0 Å². The van der Waals surface area contributed by atoms with Crippen LogP contribution < -0.4 is 11.1 Å². The summed E-state index contributed by atoms with van der Waals surface area (Å²) in [5.74, 6) is 1.46. The quantitative estimate of drug-likeness (QED) is 0.634.